The van der Waals surface area contributed by atoms with Crippen LogP contribution in [-0.2, 0) is 6.54 Å². The van der Waals surface area contributed by atoms with E-state index in [-0.39, 0.29) is 17.5 Å². The molecule has 0 saturated heterocycles. The summed E-state index contributed by atoms with van der Waals surface area (Å²) in [7, 11) is 0. The van der Waals surface area contributed by atoms with Gasteiger partial charge in [0.25, 0.3) is 11.5 Å². The van der Waals surface area contributed by atoms with Gasteiger partial charge in [0.2, 0.25) is 0 Å². The average molecular weight is 208 g/mol. The van der Waals surface area contributed by atoms with Crippen molar-refractivity contribution in [3.63, 3.8) is 0 Å². The summed E-state index contributed by atoms with van der Waals surface area (Å²) in [5.41, 5.74) is 0.434. The van der Waals surface area contributed by atoms with Crippen LogP contribution in [0.1, 0.15) is 31.1 Å². The lowest BCUT2D eigenvalue weighted by molar-refractivity contribution is 0.0942. The second-order valence-corrected chi connectivity index (χ2v) is 3.67. The molecule has 1 amide bonds. The SMILES string of the molecule is CCn1cc(C(=O)NC(C)C)ccc1=O. The van der Waals surface area contributed by atoms with Gasteiger partial charge in [-0.3, -0.25) is 9.59 Å². The summed E-state index contributed by atoms with van der Waals surface area (Å²) in [5.74, 6) is -0.146. The van der Waals surface area contributed by atoms with Gasteiger partial charge in [-0.15, -0.1) is 0 Å². The molecule has 0 radical (unpaired) electrons. The number of carbonyl (C=O) groups is 1. The normalized spacial score (nSPS) is 10.4. The first-order valence-electron chi connectivity index (χ1n) is 5.06. The van der Waals surface area contributed by atoms with E-state index in [1.54, 1.807) is 12.3 Å². The van der Waals surface area contributed by atoms with Gasteiger partial charge in [0.1, 0.15) is 0 Å². The summed E-state index contributed by atoms with van der Waals surface area (Å²) in [4.78, 5) is 22.9. The molecule has 4 heteroatoms. The van der Waals surface area contributed by atoms with Gasteiger partial charge in [0.05, 0.1) is 5.56 Å². The zero-order valence-corrected chi connectivity index (χ0v) is 9.28. The standard InChI is InChI=1S/C11H16N2O2/c1-4-13-7-9(5-6-10(13)14)11(15)12-8(2)3/h5-8H,4H2,1-3H3,(H,12,15). The highest BCUT2D eigenvalue weighted by molar-refractivity contribution is 5.93. The maximum Gasteiger partial charge on any atom is 0.252 e. The largest absolute Gasteiger partial charge is 0.350 e. The summed E-state index contributed by atoms with van der Waals surface area (Å²) in [5, 5.41) is 2.78. The lowest BCUT2D eigenvalue weighted by Gasteiger charge is -2.09. The predicted octanol–water partition coefficient (Wildman–Crippen LogP) is 1.01. The molecule has 0 aliphatic heterocycles. The number of nitrogens with zero attached hydrogens (tertiary/aromatic N) is 1. The van der Waals surface area contributed by atoms with Crippen LogP contribution in [0.4, 0.5) is 0 Å². The molecule has 1 rings (SSSR count). The molecule has 0 aliphatic rings. The number of aromatic nitrogens is 1. The minimum atomic E-state index is -0.146. The third kappa shape index (κ3) is 2.94. The van der Waals surface area contributed by atoms with Crippen molar-refractivity contribution in [2.45, 2.75) is 33.4 Å². The molecule has 0 spiro atoms. The molecule has 1 N–H and O–H groups in total. The second-order valence-electron chi connectivity index (χ2n) is 3.67. The fourth-order valence-corrected chi connectivity index (χ4v) is 1.26. The van der Waals surface area contributed by atoms with Gasteiger partial charge in [-0.1, -0.05) is 0 Å². The first-order valence-corrected chi connectivity index (χ1v) is 5.06. The fraction of sp³-hybridized carbons (Fsp3) is 0.455. The van der Waals surface area contributed by atoms with Gasteiger partial charge in [-0.25, -0.2) is 0 Å². The molecule has 0 atom stereocenters. The summed E-state index contributed by atoms with van der Waals surface area (Å²) in [6.45, 7) is 6.23. The Morgan fingerprint density at radius 3 is 2.67 bits per heavy atom. The van der Waals surface area contributed by atoms with E-state index in [9.17, 15) is 9.59 Å². The number of carbonyl (C=O) groups excluding carboxylic acids is 1. The van der Waals surface area contributed by atoms with Crippen molar-refractivity contribution >= 4 is 5.91 Å². The van der Waals surface area contributed by atoms with E-state index in [1.165, 1.54) is 10.6 Å². The Hall–Kier alpha value is -1.58. The van der Waals surface area contributed by atoms with E-state index in [0.29, 0.717) is 12.1 Å². The minimum Gasteiger partial charge on any atom is -0.350 e. The van der Waals surface area contributed by atoms with Gasteiger partial charge in [0, 0.05) is 24.8 Å². The molecule has 0 aliphatic carbocycles. The number of hydrogen-bond donors (Lipinski definition) is 1. The lowest BCUT2D eigenvalue weighted by atomic mass is 10.2. The molecule has 15 heavy (non-hydrogen) atoms. The molecule has 0 aromatic carbocycles. The van der Waals surface area contributed by atoms with E-state index >= 15 is 0 Å². The van der Waals surface area contributed by atoms with E-state index < -0.39 is 0 Å². The van der Waals surface area contributed by atoms with Crippen molar-refractivity contribution in [2.75, 3.05) is 0 Å². The lowest BCUT2D eigenvalue weighted by Crippen LogP contribution is -2.31. The number of pyridine rings is 1. The highest BCUT2D eigenvalue weighted by Crippen LogP contribution is 1.96. The summed E-state index contributed by atoms with van der Waals surface area (Å²) >= 11 is 0. The fourth-order valence-electron chi connectivity index (χ4n) is 1.26. The van der Waals surface area contributed by atoms with Crippen molar-refractivity contribution < 1.29 is 4.79 Å². The molecule has 1 aromatic heterocycles. The van der Waals surface area contributed by atoms with Crippen molar-refractivity contribution in [2.24, 2.45) is 0 Å². The number of nitrogens with one attached hydrogen (secondary N) is 1. The van der Waals surface area contributed by atoms with E-state index in [0.717, 1.165) is 0 Å². The third-order valence-electron chi connectivity index (χ3n) is 2.01. The predicted molar refractivity (Wildman–Crippen MR) is 59.0 cm³/mol. The first kappa shape index (κ1) is 11.5. The number of aryl methyl sites for hydroxylation is 1. The Morgan fingerprint density at radius 1 is 1.47 bits per heavy atom. The molecule has 4 nitrogen and oxygen atoms in total. The van der Waals surface area contributed by atoms with Crippen LogP contribution in [0.5, 0.6) is 0 Å². The van der Waals surface area contributed by atoms with E-state index in [2.05, 4.69) is 5.32 Å². The zero-order valence-electron chi connectivity index (χ0n) is 9.28. The van der Waals surface area contributed by atoms with E-state index in [1.807, 2.05) is 20.8 Å². The van der Waals surface area contributed by atoms with Gasteiger partial charge >= 0.3 is 0 Å². The number of amides is 1. The summed E-state index contributed by atoms with van der Waals surface area (Å²) < 4.78 is 1.51. The highest BCUT2D eigenvalue weighted by atomic mass is 16.2. The van der Waals surface area contributed by atoms with E-state index in [4.69, 9.17) is 0 Å². The Morgan fingerprint density at radius 2 is 2.13 bits per heavy atom. The van der Waals surface area contributed by atoms with Gasteiger partial charge < -0.3 is 9.88 Å². The van der Waals surface area contributed by atoms with Crippen molar-refractivity contribution in [3.05, 3.63) is 34.2 Å². The quantitative estimate of drug-likeness (QED) is 0.805. The van der Waals surface area contributed by atoms with Gasteiger partial charge in [-0.05, 0) is 26.8 Å². The van der Waals surface area contributed by atoms with Crippen LogP contribution in [0.2, 0.25) is 0 Å². The molecular formula is C11H16N2O2. The zero-order chi connectivity index (χ0) is 11.4. The van der Waals surface area contributed by atoms with Crippen molar-refractivity contribution in [3.8, 4) is 0 Å². The topological polar surface area (TPSA) is 51.1 Å². The Bertz CT molecular complexity index is 407. The summed E-state index contributed by atoms with van der Waals surface area (Å²) in [6, 6.07) is 3.06. The van der Waals surface area contributed by atoms with Crippen LogP contribution in [0.25, 0.3) is 0 Å². The molecule has 0 unspecified atom stereocenters. The van der Waals surface area contributed by atoms with Crippen molar-refractivity contribution in [1.82, 2.24) is 9.88 Å². The second kappa shape index (κ2) is 4.77. The Balaban J connectivity index is 2.96. The molecule has 1 aromatic rings. The molecule has 0 bridgehead atoms. The molecule has 0 saturated carbocycles. The van der Waals surface area contributed by atoms with Crippen LogP contribution in [0.3, 0.4) is 0 Å². The number of hydrogen-bond acceptors (Lipinski definition) is 2. The first-order chi connectivity index (χ1) is 7.04. The Labute approximate surface area is 88.9 Å². The maximum absolute atomic E-state index is 11.6. The number of rotatable bonds is 3. The van der Waals surface area contributed by atoms with Crippen LogP contribution in [0, 0.1) is 0 Å². The van der Waals surface area contributed by atoms with Crippen LogP contribution < -0.4 is 10.9 Å². The van der Waals surface area contributed by atoms with Gasteiger partial charge in [-0.2, -0.15) is 0 Å². The molecule has 0 fully saturated rings. The molecular weight excluding hydrogens is 192 g/mol. The van der Waals surface area contributed by atoms with Crippen LogP contribution in [-0.4, -0.2) is 16.5 Å². The molecule has 1 heterocycles. The van der Waals surface area contributed by atoms with Gasteiger partial charge in [0.15, 0.2) is 0 Å². The minimum absolute atomic E-state index is 0.0846. The third-order valence-corrected chi connectivity index (χ3v) is 2.01. The highest BCUT2D eigenvalue weighted by Gasteiger charge is 2.07. The summed E-state index contributed by atoms with van der Waals surface area (Å²) in [6.07, 6.45) is 1.58. The maximum atomic E-state index is 11.6. The Kier molecular flexibility index (Phi) is 3.66. The van der Waals surface area contributed by atoms with Crippen LogP contribution in [0.15, 0.2) is 23.1 Å². The molecule has 82 valence electrons. The smallest absolute Gasteiger partial charge is 0.252 e. The van der Waals surface area contributed by atoms with Crippen molar-refractivity contribution in [1.29, 1.82) is 0 Å². The van der Waals surface area contributed by atoms with Crippen LogP contribution >= 0.6 is 0 Å². The average Bonchev–Trinajstić information content (AvgIpc) is 2.17. The monoisotopic (exact) mass is 208 g/mol.